The molecule has 0 saturated heterocycles. The van der Waals surface area contributed by atoms with Crippen molar-refractivity contribution in [3.63, 3.8) is 0 Å². The smallest absolute Gasteiger partial charge is 0.276 e. The van der Waals surface area contributed by atoms with Crippen molar-refractivity contribution in [2.24, 2.45) is 5.92 Å². The number of aromatic nitrogens is 2. The van der Waals surface area contributed by atoms with Gasteiger partial charge in [0.2, 0.25) is 5.91 Å². The molecule has 0 radical (unpaired) electrons. The van der Waals surface area contributed by atoms with Crippen molar-refractivity contribution in [1.29, 1.82) is 0 Å². The maximum absolute atomic E-state index is 12.7. The van der Waals surface area contributed by atoms with Gasteiger partial charge in [0.15, 0.2) is 5.69 Å². The highest BCUT2D eigenvalue weighted by atomic mass is 35.5. The van der Waals surface area contributed by atoms with E-state index in [4.69, 9.17) is 16.3 Å². The number of hydrogen-bond acceptors (Lipinski definition) is 4. The Kier molecular flexibility index (Phi) is 5.22. The summed E-state index contributed by atoms with van der Waals surface area (Å²) < 4.78 is 6.67. The Morgan fingerprint density at radius 3 is 2.52 bits per heavy atom. The zero-order chi connectivity index (χ0) is 20.4. The second-order valence-corrected chi connectivity index (χ2v) is 7.14. The minimum atomic E-state index is -0.414. The maximum Gasteiger partial charge on any atom is 0.276 e. The van der Waals surface area contributed by atoms with Crippen LogP contribution in [-0.2, 0) is 4.79 Å². The molecule has 1 heterocycles. The molecule has 148 valence electrons. The predicted molar refractivity (Wildman–Crippen MR) is 111 cm³/mol. The molecule has 2 amide bonds. The molecule has 4 rings (SSSR count). The number of hydrogen-bond donors (Lipinski definition) is 2. The molecule has 2 aromatic carbocycles. The molecule has 1 aromatic heterocycles. The van der Waals surface area contributed by atoms with Crippen molar-refractivity contribution in [3.05, 3.63) is 65.3 Å². The number of carbonyl (C=O) groups is 2. The molecule has 0 spiro atoms. The number of nitrogens with one attached hydrogen (secondary N) is 2. The third kappa shape index (κ3) is 4.25. The molecule has 8 heteroatoms. The number of halogens is 1. The zero-order valence-electron chi connectivity index (χ0n) is 15.7. The van der Waals surface area contributed by atoms with Gasteiger partial charge >= 0.3 is 0 Å². The highest BCUT2D eigenvalue weighted by Crippen LogP contribution is 2.31. The van der Waals surface area contributed by atoms with Crippen LogP contribution in [-0.4, -0.2) is 28.7 Å². The van der Waals surface area contributed by atoms with E-state index < -0.39 is 5.91 Å². The van der Waals surface area contributed by atoms with E-state index in [1.165, 1.54) is 7.11 Å². The number of methoxy groups -OCH3 is 1. The summed E-state index contributed by atoms with van der Waals surface area (Å²) in [6, 6.07) is 15.8. The first-order valence-electron chi connectivity index (χ1n) is 9.16. The van der Waals surface area contributed by atoms with Gasteiger partial charge in [0.25, 0.3) is 5.91 Å². The standard InChI is InChI=1S/C21H19ClN4O3/c1-29-18-10-9-14(11-16(18)22)23-21(28)17-12-19(24-20(27)13-7-8-13)26(25-17)15-5-3-2-4-6-15/h2-6,9-13H,7-8H2,1H3,(H,23,28)(H,24,27). The van der Waals surface area contributed by atoms with Crippen LogP contribution in [0.15, 0.2) is 54.6 Å². The van der Waals surface area contributed by atoms with Gasteiger partial charge in [0.05, 0.1) is 17.8 Å². The number of amides is 2. The minimum absolute atomic E-state index is 0.0350. The van der Waals surface area contributed by atoms with Gasteiger partial charge in [-0.05, 0) is 43.2 Å². The summed E-state index contributed by atoms with van der Waals surface area (Å²) in [5.41, 5.74) is 1.43. The fourth-order valence-electron chi connectivity index (χ4n) is 2.86. The van der Waals surface area contributed by atoms with Crippen LogP contribution < -0.4 is 15.4 Å². The van der Waals surface area contributed by atoms with Crippen LogP contribution in [0, 0.1) is 5.92 Å². The van der Waals surface area contributed by atoms with Gasteiger partial charge < -0.3 is 15.4 Å². The van der Waals surface area contributed by atoms with Gasteiger partial charge in [-0.25, -0.2) is 4.68 Å². The molecule has 0 bridgehead atoms. The van der Waals surface area contributed by atoms with E-state index in [2.05, 4.69) is 15.7 Å². The van der Waals surface area contributed by atoms with Gasteiger partial charge in [-0.1, -0.05) is 29.8 Å². The topological polar surface area (TPSA) is 85.3 Å². The first-order valence-corrected chi connectivity index (χ1v) is 9.54. The predicted octanol–water partition coefficient (Wildman–Crippen LogP) is 4.14. The molecule has 2 N–H and O–H groups in total. The van der Waals surface area contributed by atoms with Crippen molar-refractivity contribution >= 4 is 34.9 Å². The summed E-state index contributed by atoms with van der Waals surface area (Å²) in [4.78, 5) is 25.0. The average Bonchev–Trinajstić information content (AvgIpc) is 3.49. The number of nitrogens with zero attached hydrogens (tertiary/aromatic N) is 2. The third-order valence-corrected chi connectivity index (χ3v) is 4.85. The zero-order valence-corrected chi connectivity index (χ0v) is 16.4. The van der Waals surface area contributed by atoms with E-state index in [1.807, 2.05) is 30.3 Å². The van der Waals surface area contributed by atoms with Crippen molar-refractivity contribution in [1.82, 2.24) is 9.78 Å². The van der Waals surface area contributed by atoms with Crippen LogP contribution in [0.5, 0.6) is 5.75 Å². The summed E-state index contributed by atoms with van der Waals surface area (Å²) in [6.45, 7) is 0. The lowest BCUT2D eigenvalue weighted by Gasteiger charge is -2.08. The van der Waals surface area contributed by atoms with Crippen molar-refractivity contribution in [2.45, 2.75) is 12.8 Å². The highest BCUT2D eigenvalue weighted by Gasteiger charge is 2.30. The van der Waals surface area contributed by atoms with E-state index in [0.29, 0.717) is 22.3 Å². The minimum Gasteiger partial charge on any atom is -0.495 e. The Balaban J connectivity index is 1.61. The second-order valence-electron chi connectivity index (χ2n) is 6.73. The van der Waals surface area contributed by atoms with Crippen LogP contribution in [0.3, 0.4) is 0 Å². The van der Waals surface area contributed by atoms with E-state index in [1.54, 1.807) is 28.9 Å². The average molecular weight is 411 g/mol. The second kappa shape index (κ2) is 7.97. The van der Waals surface area contributed by atoms with E-state index in [9.17, 15) is 9.59 Å². The lowest BCUT2D eigenvalue weighted by Crippen LogP contribution is -2.16. The SMILES string of the molecule is COc1ccc(NC(=O)c2cc(NC(=O)C3CC3)n(-c3ccccc3)n2)cc1Cl. The number of ether oxygens (including phenoxy) is 1. The van der Waals surface area contributed by atoms with Crippen molar-refractivity contribution < 1.29 is 14.3 Å². The number of benzene rings is 2. The summed E-state index contributed by atoms with van der Waals surface area (Å²) in [7, 11) is 1.52. The van der Waals surface area contributed by atoms with E-state index >= 15 is 0 Å². The molecule has 0 atom stereocenters. The van der Waals surface area contributed by atoms with Crippen LogP contribution in [0.1, 0.15) is 23.3 Å². The van der Waals surface area contributed by atoms with Gasteiger partial charge in [-0.3, -0.25) is 9.59 Å². The van der Waals surface area contributed by atoms with Gasteiger partial charge in [-0.15, -0.1) is 0 Å². The van der Waals surface area contributed by atoms with Crippen LogP contribution >= 0.6 is 11.6 Å². The normalized spacial score (nSPS) is 13.0. The number of anilines is 2. The first kappa shape index (κ1) is 19.0. The molecule has 7 nitrogen and oxygen atoms in total. The molecule has 1 saturated carbocycles. The summed E-state index contributed by atoms with van der Waals surface area (Å²) in [5, 5.41) is 10.4. The van der Waals surface area contributed by atoms with E-state index in [0.717, 1.165) is 18.5 Å². The molecule has 29 heavy (non-hydrogen) atoms. The van der Waals surface area contributed by atoms with Gasteiger partial charge in [-0.2, -0.15) is 5.10 Å². The lowest BCUT2D eigenvalue weighted by atomic mass is 10.3. The van der Waals surface area contributed by atoms with Crippen LogP contribution in [0.25, 0.3) is 5.69 Å². The largest absolute Gasteiger partial charge is 0.495 e. The Labute approximate surface area is 172 Å². The maximum atomic E-state index is 12.7. The first-order chi connectivity index (χ1) is 14.0. The lowest BCUT2D eigenvalue weighted by molar-refractivity contribution is -0.117. The van der Waals surface area contributed by atoms with Gasteiger partial charge in [0, 0.05) is 17.7 Å². The summed E-state index contributed by atoms with van der Waals surface area (Å²) in [5.74, 6) is 0.528. The quantitative estimate of drug-likeness (QED) is 0.639. The molecule has 0 aliphatic heterocycles. The highest BCUT2D eigenvalue weighted by molar-refractivity contribution is 6.32. The Bertz CT molecular complexity index is 1060. The monoisotopic (exact) mass is 410 g/mol. The van der Waals surface area contributed by atoms with E-state index in [-0.39, 0.29) is 17.5 Å². The summed E-state index contributed by atoms with van der Waals surface area (Å²) >= 11 is 6.12. The number of para-hydroxylation sites is 1. The molecular weight excluding hydrogens is 392 g/mol. The van der Waals surface area contributed by atoms with Crippen molar-refractivity contribution in [3.8, 4) is 11.4 Å². The Hall–Kier alpha value is -3.32. The molecule has 1 aliphatic carbocycles. The molecule has 0 unspecified atom stereocenters. The van der Waals surface area contributed by atoms with Gasteiger partial charge in [0.1, 0.15) is 11.6 Å². The fourth-order valence-corrected chi connectivity index (χ4v) is 3.12. The Morgan fingerprint density at radius 1 is 1.10 bits per heavy atom. The van der Waals surface area contributed by atoms with Crippen LogP contribution in [0.4, 0.5) is 11.5 Å². The van der Waals surface area contributed by atoms with Crippen molar-refractivity contribution in [2.75, 3.05) is 17.7 Å². The number of rotatable bonds is 6. The summed E-state index contributed by atoms with van der Waals surface area (Å²) in [6.07, 6.45) is 1.77. The third-order valence-electron chi connectivity index (χ3n) is 4.55. The molecular formula is C21H19ClN4O3. The van der Waals surface area contributed by atoms with Crippen LogP contribution in [0.2, 0.25) is 5.02 Å². The molecule has 3 aromatic rings. The molecule has 1 aliphatic rings. The fraction of sp³-hybridized carbons (Fsp3) is 0.190. The molecule has 1 fully saturated rings. The Morgan fingerprint density at radius 2 is 1.86 bits per heavy atom. The number of carbonyl (C=O) groups excluding carboxylic acids is 2.